The Morgan fingerprint density at radius 1 is 0.831 bits per heavy atom. The highest BCUT2D eigenvalue weighted by atomic mass is 127. The van der Waals surface area contributed by atoms with Gasteiger partial charge in [-0.2, -0.15) is 22.4 Å². The maximum absolute atomic E-state index is 11.6. The van der Waals surface area contributed by atoms with Crippen LogP contribution in [0.3, 0.4) is 0 Å². The minimum absolute atomic E-state index is 0.0473. The molecule has 1 rings (SSSR count). The number of cyclic esters (lactones) is 2. The van der Waals surface area contributed by atoms with Crippen LogP contribution in [0.4, 0.5) is 0 Å². The minimum atomic E-state index is -1.30. The van der Waals surface area contributed by atoms with Gasteiger partial charge in [0.25, 0.3) is 0 Å². The lowest BCUT2D eigenvalue weighted by Crippen LogP contribution is -2.28. The van der Waals surface area contributed by atoms with Crippen LogP contribution in [-0.2, 0) is 71.6 Å². The van der Waals surface area contributed by atoms with Crippen molar-refractivity contribution in [1.82, 2.24) is 0 Å². The molecule has 1 saturated heterocycles. The fourth-order valence-corrected chi connectivity index (χ4v) is 8.59. The molecular weight excluding hydrogens is 1180 g/mol. The minimum Gasteiger partial charge on any atom is -0.481 e. The van der Waals surface area contributed by atoms with Gasteiger partial charge in [-0.1, -0.05) is 75.0 Å². The van der Waals surface area contributed by atoms with Gasteiger partial charge in [0.15, 0.2) is 0 Å². The Kier molecular flexibility index (Phi) is 36.7. The molecule has 6 unspecified atom stereocenters. The standard InChI is InChI=1S/C12H19BIO6P.C10H13BIO6P.C6H10O3.C4H4BIO3P/c1-4-12(2,3)11(18)20-6-5-19-9(15)7-8(10(16)17)21(13)14;1-6(2)10(16)18-4-3-17-8(13)5-7(9(14)15)19(11)12;1-5(2)6(8)9-4-3-7;6-5-10-2-1-3(7)9-4(2)8/h8H,4-7H2,1-3H3,(H,16,17);7H,1,3-5H2,2H3,(H,14,15);7H,1,3-4H2,2H3;2,10H,1H2. The third-order valence-electron chi connectivity index (χ3n) is 6.64. The normalized spacial score (nSPS) is 15.0. The Bertz CT molecular complexity index is 1460. The van der Waals surface area contributed by atoms with Crippen molar-refractivity contribution in [3.05, 3.63) is 24.3 Å². The lowest BCUT2D eigenvalue weighted by atomic mass is 9.91. The second-order valence-corrected chi connectivity index (χ2v) is 24.4. The van der Waals surface area contributed by atoms with Crippen LogP contribution < -0.4 is 0 Å². The largest absolute Gasteiger partial charge is 0.481 e. The highest BCUT2D eigenvalue weighted by Crippen LogP contribution is 2.47. The summed E-state index contributed by atoms with van der Waals surface area (Å²) in [5.41, 5.74) is -4.65. The summed E-state index contributed by atoms with van der Waals surface area (Å²) >= 11 is 5.66. The molecule has 1 fully saturated rings. The second kappa shape index (κ2) is 35.1. The number of hydrogen-bond acceptors (Lipinski definition) is 16. The average Bonchev–Trinajstić information content (AvgIpc) is 3.47. The number of aliphatic hydroxyl groups excluding tert-OH is 1. The molecule has 0 aliphatic carbocycles. The topological polar surface area (TPSA) is 270 Å². The van der Waals surface area contributed by atoms with Gasteiger partial charge in [-0.25, -0.2) is 9.59 Å². The molecule has 0 aromatic carbocycles. The molecule has 1 heterocycles. The number of ether oxygens (including phenoxy) is 6. The van der Waals surface area contributed by atoms with Gasteiger partial charge in [-0.05, 0) is 34.1 Å². The monoisotopic (exact) mass is 1220 g/mol. The molecule has 59 heavy (non-hydrogen) atoms. The zero-order valence-corrected chi connectivity index (χ0v) is 42.2. The lowest BCUT2D eigenvalue weighted by molar-refractivity contribution is -0.159. The van der Waals surface area contributed by atoms with Crippen molar-refractivity contribution >= 4 is 160 Å². The second-order valence-electron chi connectivity index (χ2n) is 12.0. The molecular formula is C32H46B3I3O18P3. The van der Waals surface area contributed by atoms with E-state index in [2.05, 4.69) is 45.0 Å². The first-order valence-electron chi connectivity index (χ1n) is 16.8. The maximum atomic E-state index is 11.6. The zero-order valence-electron chi connectivity index (χ0n) is 32.9. The Labute approximate surface area is 389 Å². The number of carboxylic acids is 2. The van der Waals surface area contributed by atoms with E-state index in [1.165, 1.54) is 6.92 Å². The third kappa shape index (κ3) is 32.0. The first-order valence-corrected chi connectivity index (χ1v) is 27.7. The van der Waals surface area contributed by atoms with Crippen molar-refractivity contribution < 1.29 is 86.9 Å². The number of carbonyl (C=O) groups is 9. The number of carbonyl (C=O) groups excluding carboxylic acids is 7. The van der Waals surface area contributed by atoms with Crippen molar-refractivity contribution in [2.24, 2.45) is 5.41 Å². The SMILES string of the molecule is C=C(C)C(=O)OCCO.O=C1CC(P[B]I)C(=O)O1.[B]P(I)C(CC(=O)OCCOC(=O)C(=C)C)C(=O)O.[B]P(I)C(CC(=O)OCCOC(=O)C(C)(C)CC)C(=O)O. The summed E-state index contributed by atoms with van der Waals surface area (Å²) in [6.45, 7) is 14.7. The number of esters is 7. The Morgan fingerprint density at radius 2 is 1.22 bits per heavy atom. The molecule has 0 aromatic rings. The van der Waals surface area contributed by atoms with Crippen LogP contribution in [0.25, 0.3) is 0 Å². The highest BCUT2D eigenvalue weighted by Gasteiger charge is 2.32. The molecule has 0 saturated carbocycles. The first-order chi connectivity index (χ1) is 27.3. The number of hydrogen-bond donors (Lipinski definition) is 3. The van der Waals surface area contributed by atoms with E-state index >= 15 is 0 Å². The average molecular weight is 1220 g/mol. The predicted octanol–water partition coefficient (Wildman–Crippen LogP) is 4.25. The molecule has 1 aliphatic heterocycles. The van der Waals surface area contributed by atoms with Gasteiger partial charge in [-0.3, -0.25) is 33.6 Å². The molecule has 18 nitrogen and oxygen atoms in total. The Morgan fingerprint density at radius 3 is 1.53 bits per heavy atom. The van der Waals surface area contributed by atoms with Crippen LogP contribution in [0.5, 0.6) is 0 Å². The highest BCUT2D eigenvalue weighted by molar-refractivity contribution is 14.2. The van der Waals surface area contributed by atoms with Crippen LogP contribution in [0.15, 0.2) is 24.3 Å². The molecule has 327 valence electrons. The fourth-order valence-electron chi connectivity index (χ4n) is 2.98. The van der Waals surface area contributed by atoms with E-state index < -0.39 is 63.4 Å². The fraction of sp³-hybridized carbons (Fsp3) is 0.594. The van der Waals surface area contributed by atoms with Crippen LogP contribution in [0.2, 0.25) is 0 Å². The van der Waals surface area contributed by atoms with Crippen molar-refractivity contribution in [2.75, 3.05) is 39.6 Å². The molecule has 0 spiro atoms. The van der Waals surface area contributed by atoms with E-state index in [1.54, 1.807) is 64.9 Å². The van der Waals surface area contributed by atoms with E-state index in [4.69, 9.17) is 49.4 Å². The van der Waals surface area contributed by atoms with Crippen LogP contribution in [-0.4, -0.2) is 146 Å². The molecule has 5 radical (unpaired) electrons. The van der Waals surface area contributed by atoms with Gasteiger partial charge >= 0.3 is 53.7 Å². The molecule has 0 amide bonds. The number of aliphatic hydroxyl groups is 1. The van der Waals surface area contributed by atoms with Gasteiger partial charge in [0.2, 0.25) is 4.86 Å². The summed E-state index contributed by atoms with van der Waals surface area (Å²) in [5, 5.41) is 25.9. The predicted molar refractivity (Wildman–Crippen MR) is 249 cm³/mol. The van der Waals surface area contributed by atoms with Crippen molar-refractivity contribution in [3.8, 4) is 0 Å². The molecule has 1 aliphatic rings. The van der Waals surface area contributed by atoms with Crippen molar-refractivity contribution in [3.63, 3.8) is 0 Å². The van der Waals surface area contributed by atoms with Crippen LogP contribution in [0, 0.1) is 5.41 Å². The van der Waals surface area contributed by atoms with E-state index in [0.29, 0.717) is 20.5 Å². The Hall–Kier alpha value is -1.46. The summed E-state index contributed by atoms with van der Waals surface area (Å²) in [5.74, 6) is -5.74. The van der Waals surface area contributed by atoms with Gasteiger partial charge in [0.05, 0.1) is 48.3 Å². The molecule has 0 aromatic heterocycles. The van der Waals surface area contributed by atoms with Crippen molar-refractivity contribution in [1.29, 1.82) is 0 Å². The lowest BCUT2D eigenvalue weighted by Gasteiger charge is -2.20. The zero-order chi connectivity index (χ0) is 46.5. The van der Waals surface area contributed by atoms with Gasteiger partial charge in [0, 0.05) is 11.1 Å². The van der Waals surface area contributed by atoms with Crippen LogP contribution >= 0.6 is 85.8 Å². The summed E-state index contributed by atoms with van der Waals surface area (Å²) in [7, 11) is 11.4. The molecule has 3 N–H and O–H groups in total. The first kappa shape index (κ1) is 61.8. The van der Waals surface area contributed by atoms with Gasteiger partial charge in [0.1, 0.15) is 48.2 Å². The van der Waals surface area contributed by atoms with Crippen LogP contribution in [0.1, 0.15) is 60.3 Å². The summed E-state index contributed by atoms with van der Waals surface area (Å²) in [4.78, 5) is 101. The van der Waals surface area contributed by atoms with Crippen molar-refractivity contribution in [2.45, 2.75) is 77.3 Å². The molecule has 0 bridgehead atoms. The van der Waals surface area contributed by atoms with E-state index in [-0.39, 0.29) is 88.0 Å². The van der Waals surface area contributed by atoms with Gasteiger partial charge in [-0.15, -0.1) is 8.46 Å². The molecule has 27 heteroatoms. The Balaban J connectivity index is -0.000000751. The number of aliphatic carboxylic acids is 2. The van der Waals surface area contributed by atoms with E-state index in [0.717, 1.165) is 0 Å². The smallest absolute Gasteiger partial charge is 0.333 e. The number of rotatable bonds is 22. The van der Waals surface area contributed by atoms with E-state index in [1.807, 2.05) is 11.8 Å². The quantitative estimate of drug-likeness (QED) is 0.0200. The summed E-state index contributed by atoms with van der Waals surface area (Å²) < 4.78 is 28.1. The van der Waals surface area contributed by atoms with E-state index in [9.17, 15) is 43.2 Å². The number of carboxylic acid groups (broad SMARTS) is 2. The number of halogens is 3. The summed E-state index contributed by atoms with van der Waals surface area (Å²) in [6, 6.07) is 0. The third-order valence-corrected chi connectivity index (χ3v) is 14.7. The maximum Gasteiger partial charge on any atom is 0.333 e. The summed E-state index contributed by atoms with van der Waals surface area (Å²) in [6.07, 6.45) is 0.322. The molecule has 6 atom stereocenters. The van der Waals surface area contributed by atoms with Gasteiger partial charge < -0.3 is 43.7 Å².